The zero-order valence-electron chi connectivity index (χ0n) is 7.52. The molecule has 1 aromatic heterocycles. The monoisotopic (exact) mass is 239 g/mol. The average Bonchev–Trinajstić information content (AvgIpc) is 2.46. The number of aromatic nitrogens is 1. The Bertz CT molecular complexity index is 447. The van der Waals surface area contributed by atoms with Crippen LogP contribution in [0.25, 0.3) is 10.9 Å². The van der Waals surface area contributed by atoms with E-state index in [4.69, 9.17) is 4.74 Å². The maximum Gasteiger partial charge on any atom is 0.133 e. The van der Waals surface area contributed by atoms with Crippen molar-refractivity contribution >= 4 is 26.8 Å². The van der Waals surface area contributed by atoms with Crippen molar-refractivity contribution in [2.75, 3.05) is 7.11 Å². The van der Waals surface area contributed by atoms with Crippen LogP contribution in [0, 0.1) is 6.92 Å². The van der Waals surface area contributed by atoms with E-state index in [2.05, 4.69) is 27.8 Å². The van der Waals surface area contributed by atoms with Crippen molar-refractivity contribution in [1.82, 2.24) is 4.98 Å². The van der Waals surface area contributed by atoms with Crippen LogP contribution < -0.4 is 4.74 Å². The number of nitrogens with one attached hydrogen (secondary N) is 1. The van der Waals surface area contributed by atoms with Gasteiger partial charge in [0.05, 0.1) is 11.6 Å². The molecule has 0 amide bonds. The fourth-order valence-electron chi connectivity index (χ4n) is 1.42. The second-order valence-corrected chi connectivity index (χ2v) is 3.86. The van der Waals surface area contributed by atoms with E-state index < -0.39 is 0 Å². The first-order chi connectivity index (χ1) is 6.22. The van der Waals surface area contributed by atoms with Gasteiger partial charge in [-0.3, -0.25) is 0 Å². The topological polar surface area (TPSA) is 25.0 Å². The van der Waals surface area contributed by atoms with Gasteiger partial charge in [0.1, 0.15) is 5.75 Å². The average molecular weight is 240 g/mol. The van der Waals surface area contributed by atoms with Gasteiger partial charge in [0.15, 0.2) is 0 Å². The highest BCUT2D eigenvalue weighted by Gasteiger charge is 2.05. The summed E-state index contributed by atoms with van der Waals surface area (Å²) < 4.78 is 6.19. The first kappa shape index (κ1) is 8.63. The molecule has 1 aromatic carbocycles. The number of hydrogen-bond donors (Lipinski definition) is 1. The van der Waals surface area contributed by atoms with Crippen molar-refractivity contribution in [2.24, 2.45) is 0 Å². The van der Waals surface area contributed by atoms with E-state index in [0.717, 1.165) is 15.7 Å². The van der Waals surface area contributed by atoms with Crippen LogP contribution in [0.4, 0.5) is 0 Å². The molecule has 68 valence electrons. The second-order valence-electron chi connectivity index (χ2n) is 3.00. The van der Waals surface area contributed by atoms with Gasteiger partial charge in [-0.05, 0) is 40.5 Å². The lowest BCUT2D eigenvalue weighted by molar-refractivity contribution is 0.413. The van der Waals surface area contributed by atoms with Gasteiger partial charge in [-0.15, -0.1) is 0 Å². The number of rotatable bonds is 1. The van der Waals surface area contributed by atoms with Crippen molar-refractivity contribution in [3.63, 3.8) is 0 Å². The zero-order chi connectivity index (χ0) is 9.42. The molecule has 0 atom stereocenters. The SMILES string of the molecule is COc1cc2c(C)c[nH]c2cc1Br. The summed E-state index contributed by atoms with van der Waals surface area (Å²) in [6, 6.07) is 4.06. The first-order valence-corrected chi connectivity index (χ1v) is 4.83. The third-order valence-electron chi connectivity index (χ3n) is 2.16. The molecule has 0 unspecified atom stereocenters. The minimum Gasteiger partial charge on any atom is -0.496 e. The fourth-order valence-corrected chi connectivity index (χ4v) is 1.92. The Balaban J connectivity index is 2.77. The van der Waals surface area contributed by atoms with Gasteiger partial charge in [-0.1, -0.05) is 0 Å². The summed E-state index contributed by atoms with van der Waals surface area (Å²) in [5, 5.41) is 1.21. The van der Waals surface area contributed by atoms with E-state index in [9.17, 15) is 0 Å². The molecule has 3 heteroatoms. The molecule has 0 aliphatic rings. The number of aryl methyl sites for hydroxylation is 1. The van der Waals surface area contributed by atoms with E-state index >= 15 is 0 Å². The molecular formula is C10H10BrNO. The van der Waals surface area contributed by atoms with E-state index in [1.807, 2.05) is 18.3 Å². The molecule has 0 spiro atoms. The third kappa shape index (κ3) is 1.33. The maximum atomic E-state index is 5.22. The highest BCUT2D eigenvalue weighted by molar-refractivity contribution is 9.10. The molecule has 1 N–H and O–H groups in total. The van der Waals surface area contributed by atoms with E-state index in [-0.39, 0.29) is 0 Å². The molecule has 0 bridgehead atoms. The summed E-state index contributed by atoms with van der Waals surface area (Å²) in [6.07, 6.45) is 2.00. The normalized spacial score (nSPS) is 10.7. The number of benzene rings is 1. The van der Waals surface area contributed by atoms with E-state index in [0.29, 0.717) is 0 Å². The van der Waals surface area contributed by atoms with Crippen LogP contribution in [-0.2, 0) is 0 Å². The van der Waals surface area contributed by atoms with Crippen LogP contribution in [0.1, 0.15) is 5.56 Å². The Morgan fingerprint density at radius 2 is 2.15 bits per heavy atom. The second kappa shape index (κ2) is 3.07. The highest BCUT2D eigenvalue weighted by atomic mass is 79.9. The number of ether oxygens (including phenoxy) is 1. The van der Waals surface area contributed by atoms with Gasteiger partial charge in [0.25, 0.3) is 0 Å². The minimum atomic E-state index is 0.871. The Morgan fingerprint density at radius 1 is 1.38 bits per heavy atom. The Labute approximate surface area is 85.0 Å². The molecule has 0 fully saturated rings. The fraction of sp³-hybridized carbons (Fsp3) is 0.200. The molecule has 0 saturated heterocycles. The van der Waals surface area contributed by atoms with Crippen LogP contribution >= 0.6 is 15.9 Å². The first-order valence-electron chi connectivity index (χ1n) is 4.03. The molecule has 13 heavy (non-hydrogen) atoms. The lowest BCUT2D eigenvalue weighted by Crippen LogP contribution is -1.84. The van der Waals surface area contributed by atoms with Gasteiger partial charge in [0, 0.05) is 17.1 Å². The van der Waals surface area contributed by atoms with Crippen LogP contribution in [0.2, 0.25) is 0 Å². The van der Waals surface area contributed by atoms with Crippen molar-refractivity contribution < 1.29 is 4.74 Å². The summed E-state index contributed by atoms with van der Waals surface area (Å²) in [5.74, 6) is 0.871. The number of fused-ring (bicyclic) bond motifs is 1. The Hall–Kier alpha value is -0.960. The summed E-state index contributed by atoms with van der Waals surface area (Å²) in [5.41, 5.74) is 2.37. The number of hydrogen-bond acceptors (Lipinski definition) is 1. The predicted octanol–water partition coefficient (Wildman–Crippen LogP) is 3.25. The third-order valence-corrected chi connectivity index (χ3v) is 2.78. The zero-order valence-corrected chi connectivity index (χ0v) is 9.10. The summed E-state index contributed by atoms with van der Waals surface area (Å²) in [6.45, 7) is 2.08. The van der Waals surface area contributed by atoms with Crippen LogP contribution in [0.15, 0.2) is 22.8 Å². The van der Waals surface area contributed by atoms with Gasteiger partial charge >= 0.3 is 0 Å². The molecule has 0 aliphatic carbocycles. The maximum absolute atomic E-state index is 5.22. The van der Waals surface area contributed by atoms with Gasteiger partial charge in [-0.2, -0.15) is 0 Å². The molecule has 2 rings (SSSR count). The highest BCUT2D eigenvalue weighted by Crippen LogP contribution is 2.31. The summed E-state index contributed by atoms with van der Waals surface area (Å²) in [4.78, 5) is 3.19. The molecule has 0 saturated carbocycles. The largest absolute Gasteiger partial charge is 0.496 e. The van der Waals surface area contributed by atoms with Crippen molar-refractivity contribution in [3.05, 3.63) is 28.4 Å². The summed E-state index contributed by atoms with van der Waals surface area (Å²) in [7, 11) is 1.67. The van der Waals surface area contributed by atoms with E-state index in [1.165, 1.54) is 10.9 Å². The smallest absolute Gasteiger partial charge is 0.133 e. The molecular weight excluding hydrogens is 230 g/mol. The van der Waals surface area contributed by atoms with Crippen LogP contribution in [-0.4, -0.2) is 12.1 Å². The van der Waals surface area contributed by atoms with Gasteiger partial charge in [-0.25, -0.2) is 0 Å². The van der Waals surface area contributed by atoms with Crippen LogP contribution in [0.5, 0.6) is 5.75 Å². The van der Waals surface area contributed by atoms with Crippen molar-refractivity contribution in [1.29, 1.82) is 0 Å². The van der Waals surface area contributed by atoms with E-state index in [1.54, 1.807) is 7.11 Å². The number of halogens is 1. The number of aromatic amines is 1. The standard InChI is InChI=1S/C10H10BrNO/c1-6-5-12-9-4-8(11)10(13-2)3-7(6)9/h3-5,12H,1-2H3. The number of methoxy groups -OCH3 is 1. The molecule has 2 nitrogen and oxygen atoms in total. The molecule has 1 heterocycles. The van der Waals surface area contributed by atoms with Gasteiger partial charge < -0.3 is 9.72 Å². The summed E-state index contributed by atoms with van der Waals surface area (Å²) >= 11 is 3.44. The van der Waals surface area contributed by atoms with Crippen molar-refractivity contribution in [2.45, 2.75) is 6.92 Å². The molecule has 2 aromatic rings. The molecule has 0 radical (unpaired) electrons. The predicted molar refractivity (Wildman–Crippen MR) is 57.3 cm³/mol. The quantitative estimate of drug-likeness (QED) is 0.813. The Morgan fingerprint density at radius 3 is 2.85 bits per heavy atom. The Kier molecular flexibility index (Phi) is 2.04. The van der Waals surface area contributed by atoms with Crippen molar-refractivity contribution in [3.8, 4) is 5.75 Å². The van der Waals surface area contributed by atoms with Gasteiger partial charge in [0.2, 0.25) is 0 Å². The molecule has 0 aliphatic heterocycles. The lowest BCUT2D eigenvalue weighted by Gasteiger charge is -2.02. The number of H-pyrrole nitrogens is 1. The lowest BCUT2D eigenvalue weighted by atomic mass is 10.2. The minimum absolute atomic E-state index is 0.871. The van der Waals surface area contributed by atoms with Crippen LogP contribution in [0.3, 0.4) is 0 Å².